The van der Waals surface area contributed by atoms with Crippen LogP contribution in [0.15, 0.2) is 18.2 Å². The minimum absolute atomic E-state index is 0.334. The van der Waals surface area contributed by atoms with Crippen LogP contribution in [-0.2, 0) is 0 Å². The summed E-state index contributed by atoms with van der Waals surface area (Å²) >= 11 is 0. The number of ether oxygens (including phenoxy) is 1. The van der Waals surface area contributed by atoms with E-state index in [-0.39, 0.29) is 0 Å². The second-order valence-corrected chi connectivity index (χ2v) is 5.21. The van der Waals surface area contributed by atoms with Gasteiger partial charge in [0.05, 0.1) is 6.61 Å². The molecule has 0 bridgehead atoms. The molecule has 0 heterocycles. The van der Waals surface area contributed by atoms with Crippen molar-refractivity contribution in [1.29, 1.82) is 0 Å². The number of hydrogen-bond acceptors (Lipinski definition) is 3. The largest absolute Gasteiger partial charge is 0.508 e. The predicted octanol–water partition coefficient (Wildman–Crippen LogP) is 2.26. The molecule has 17 heavy (non-hydrogen) atoms. The first-order valence-corrected chi connectivity index (χ1v) is 6.41. The maximum absolute atomic E-state index is 9.59. The zero-order chi connectivity index (χ0) is 11.8. The lowest BCUT2D eigenvalue weighted by molar-refractivity contribution is 0.296. The van der Waals surface area contributed by atoms with Gasteiger partial charge in [-0.05, 0) is 50.4 Å². The molecule has 0 saturated heterocycles. The number of nitrogens with one attached hydrogen (secondary N) is 1. The number of benzene rings is 1. The summed E-state index contributed by atoms with van der Waals surface area (Å²) in [5.41, 5.74) is 1.16. The van der Waals surface area contributed by atoms with Crippen molar-refractivity contribution < 1.29 is 9.84 Å². The predicted molar refractivity (Wildman–Crippen MR) is 66.5 cm³/mol. The van der Waals surface area contributed by atoms with Crippen LogP contribution in [0.25, 0.3) is 0 Å². The van der Waals surface area contributed by atoms with E-state index >= 15 is 0 Å². The average molecular weight is 233 g/mol. The lowest BCUT2D eigenvalue weighted by Gasteiger charge is -2.11. The Labute approximate surface area is 102 Å². The fourth-order valence-electron chi connectivity index (χ4n) is 2.31. The Balaban J connectivity index is 1.75. The van der Waals surface area contributed by atoms with E-state index in [1.807, 2.05) is 19.2 Å². The molecule has 0 amide bonds. The van der Waals surface area contributed by atoms with E-state index < -0.39 is 0 Å². The van der Waals surface area contributed by atoms with Crippen molar-refractivity contribution in [2.24, 2.45) is 5.92 Å². The molecule has 2 saturated carbocycles. The smallest absolute Gasteiger partial charge is 0.123 e. The standard InChI is InChI=1S/C14H19NO2/c1-15-13-7-11(13)12-6-10(16)4-5-14(12)17-8-9-2-3-9/h4-6,9,11,13,15-16H,2-3,7-8H2,1H3/t11-,13-/m0/s1. The Bertz CT molecular complexity index is 415. The second kappa shape index (κ2) is 4.22. The normalized spacial score (nSPS) is 26.9. The molecule has 2 atom stereocenters. The number of phenols is 1. The lowest BCUT2D eigenvalue weighted by Crippen LogP contribution is -2.11. The SMILES string of the molecule is CN[C@H]1C[C@H]1c1cc(O)ccc1OCC1CC1. The van der Waals surface area contributed by atoms with Crippen molar-refractivity contribution in [2.45, 2.75) is 31.2 Å². The van der Waals surface area contributed by atoms with Gasteiger partial charge in [0, 0.05) is 17.5 Å². The zero-order valence-corrected chi connectivity index (χ0v) is 10.1. The van der Waals surface area contributed by atoms with Gasteiger partial charge in [-0.1, -0.05) is 0 Å². The Morgan fingerprint density at radius 1 is 1.41 bits per heavy atom. The lowest BCUT2D eigenvalue weighted by atomic mass is 10.1. The molecule has 2 aliphatic rings. The van der Waals surface area contributed by atoms with Crippen molar-refractivity contribution in [3.63, 3.8) is 0 Å². The quantitative estimate of drug-likeness (QED) is 0.819. The summed E-state index contributed by atoms with van der Waals surface area (Å²) in [5.74, 6) is 2.55. The fraction of sp³-hybridized carbons (Fsp3) is 0.571. The van der Waals surface area contributed by atoms with Gasteiger partial charge in [0.2, 0.25) is 0 Å². The van der Waals surface area contributed by atoms with Gasteiger partial charge in [-0.25, -0.2) is 0 Å². The van der Waals surface area contributed by atoms with Crippen LogP contribution in [0.5, 0.6) is 11.5 Å². The van der Waals surface area contributed by atoms with Gasteiger partial charge >= 0.3 is 0 Å². The topological polar surface area (TPSA) is 41.5 Å². The van der Waals surface area contributed by atoms with Crippen LogP contribution >= 0.6 is 0 Å². The number of hydrogen-bond donors (Lipinski definition) is 2. The molecular formula is C14H19NO2. The fourth-order valence-corrected chi connectivity index (χ4v) is 2.31. The number of rotatable bonds is 5. The highest BCUT2D eigenvalue weighted by Gasteiger charge is 2.39. The molecule has 92 valence electrons. The first-order chi connectivity index (χ1) is 8.28. The number of aromatic hydroxyl groups is 1. The number of likely N-dealkylation sites (N-methyl/N-ethyl adjacent to an activating group) is 1. The van der Waals surface area contributed by atoms with Crippen molar-refractivity contribution in [1.82, 2.24) is 5.32 Å². The summed E-state index contributed by atoms with van der Waals surface area (Å²) in [4.78, 5) is 0. The van der Waals surface area contributed by atoms with Crippen molar-refractivity contribution in [3.8, 4) is 11.5 Å². The molecule has 3 rings (SSSR count). The first kappa shape index (κ1) is 10.9. The molecular weight excluding hydrogens is 214 g/mol. The van der Waals surface area contributed by atoms with Crippen LogP contribution in [0.1, 0.15) is 30.7 Å². The van der Waals surface area contributed by atoms with E-state index in [9.17, 15) is 5.11 Å². The van der Waals surface area contributed by atoms with Crippen molar-refractivity contribution in [2.75, 3.05) is 13.7 Å². The molecule has 0 radical (unpaired) electrons. The Morgan fingerprint density at radius 3 is 2.88 bits per heavy atom. The van der Waals surface area contributed by atoms with Gasteiger partial charge in [0.1, 0.15) is 11.5 Å². The average Bonchev–Trinajstić information content (AvgIpc) is 3.21. The summed E-state index contributed by atoms with van der Waals surface area (Å²) in [6.07, 6.45) is 3.74. The molecule has 1 aromatic carbocycles. The highest BCUT2D eigenvalue weighted by atomic mass is 16.5. The van der Waals surface area contributed by atoms with Crippen molar-refractivity contribution in [3.05, 3.63) is 23.8 Å². The van der Waals surface area contributed by atoms with E-state index in [2.05, 4.69) is 5.32 Å². The highest BCUT2D eigenvalue weighted by molar-refractivity contribution is 5.45. The van der Waals surface area contributed by atoms with Gasteiger partial charge in [-0.3, -0.25) is 0 Å². The van der Waals surface area contributed by atoms with Crippen LogP contribution < -0.4 is 10.1 Å². The molecule has 2 fully saturated rings. The maximum atomic E-state index is 9.59. The summed E-state index contributed by atoms with van der Waals surface area (Å²) in [6.45, 7) is 0.828. The third-order valence-electron chi connectivity index (χ3n) is 3.73. The maximum Gasteiger partial charge on any atom is 0.123 e. The Kier molecular flexibility index (Phi) is 2.71. The first-order valence-electron chi connectivity index (χ1n) is 6.41. The molecule has 0 aliphatic heterocycles. The van der Waals surface area contributed by atoms with E-state index in [1.54, 1.807) is 6.07 Å². The van der Waals surface area contributed by atoms with Crippen LogP contribution in [0.4, 0.5) is 0 Å². The second-order valence-electron chi connectivity index (χ2n) is 5.21. The van der Waals surface area contributed by atoms with Gasteiger partial charge in [0.25, 0.3) is 0 Å². The van der Waals surface area contributed by atoms with Crippen LogP contribution in [0, 0.1) is 5.92 Å². The molecule has 1 aromatic rings. The summed E-state index contributed by atoms with van der Waals surface area (Å²) in [5, 5.41) is 12.9. The minimum Gasteiger partial charge on any atom is -0.508 e. The van der Waals surface area contributed by atoms with E-state index in [0.29, 0.717) is 17.7 Å². The summed E-state index contributed by atoms with van der Waals surface area (Å²) in [7, 11) is 1.98. The van der Waals surface area contributed by atoms with Crippen LogP contribution in [0.2, 0.25) is 0 Å². The Hall–Kier alpha value is -1.22. The molecule has 3 nitrogen and oxygen atoms in total. The highest BCUT2D eigenvalue weighted by Crippen LogP contribution is 2.46. The molecule has 0 aromatic heterocycles. The van der Waals surface area contributed by atoms with Gasteiger partial charge in [-0.15, -0.1) is 0 Å². The third kappa shape index (κ3) is 2.39. The van der Waals surface area contributed by atoms with Crippen molar-refractivity contribution >= 4 is 0 Å². The third-order valence-corrected chi connectivity index (χ3v) is 3.73. The monoisotopic (exact) mass is 233 g/mol. The Morgan fingerprint density at radius 2 is 2.24 bits per heavy atom. The molecule has 2 aliphatic carbocycles. The number of phenolic OH excluding ortho intramolecular Hbond substituents is 1. The van der Waals surface area contributed by atoms with Gasteiger partial charge in [0.15, 0.2) is 0 Å². The molecule has 2 N–H and O–H groups in total. The molecule has 0 unspecified atom stereocenters. The van der Waals surface area contributed by atoms with E-state index in [1.165, 1.54) is 12.8 Å². The van der Waals surface area contributed by atoms with Gasteiger partial charge in [-0.2, -0.15) is 0 Å². The van der Waals surface area contributed by atoms with E-state index in [0.717, 1.165) is 30.3 Å². The summed E-state index contributed by atoms with van der Waals surface area (Å²) < 4.78 is 5.87. The summed E-state index contributed by atoms with van der Waals surface area (Å²) in [6, 6.07) is 6.00. The zero-order valence-electron chi connectivity index (χ0n) is 10.1. The van der Waals surface area contributed by atoms with Crippen LogP contribution in [0.3, 0.4) is 0 Å². The van der Waals surface area contributed by atoms with E-state index in [4.69, 9.17) is 4.74 Å². The molecule has 3 heteroatoms. The van der Waals surface area contributed by atoms with Crippen LogP contribution in [-0.4, -0.2) is 24.8 Å². The minimum atomic E-state index is 0.334. The van der Waals surface area contributed by atoms with Gasteiger partial charge < -0.3 is 15.2 Å². The molecule has 0 spiro atoms.